The Labute approximate surface area is 119 Å². The summed E-state index contributed by atoms with van der Waals surface area (Å²) in [5.74, 6) is -2.11. The molecule has 4 heteroatoms. The van der Waals surface area contributed by atoms with Gasteiger partial charge >= 0.3 is 11.9 Å². The Bertz CT molecular complexity index is 463. The minimum atomic E-state index is -1.15. The minimum absolute atomic E-state index is 0.176. The summed E-state index contributed by atoms with van der Waals surface area (Å²) in [7, 11) is 0. The molecule has 1 atom stereocenters. The third-order valence-electron chi connectivity index (χ3n) is 5.33. The van der Waals surface area contributed by atoms with E-state index in [0.717, 1.165) is 32.1 Å². The fourth-order valence-corrected chi connectivity index (χ4v) is 4.45. The summed E-state index contributed by atoms with van der Waals surface area (Å²) in [5, 5.41) is 0. The highest BCUT2D eigenvalue weighted by Gasteiger charge is 2.70. The summed E-state index contributed by atoms with van der Waals surface area (Å²) in [4.78, 5) is 25.6. The van der Waals surface area contributed by atoms with Crippen molar-refractivity contribution >= 4 is 11.9 Å². The second-order valence-corrected chi connectivity index (χ2v) is 6.90. The fraction of sp³-hybridized carbons (Fsp3) is 0.750. The zero-order valence-electron chi connectivity index (χ0n) is 12.4. The standard InChI is InChI=1S/C16H22O4/c1-11-7-6-10-15(8-4-5-9-15)16(11)12(17)19-14(2,3)20-13(16)18/h6-7,11H,4-5,8-10H2,1-3H3. The Morgan fingerprint density at radius 3 is 2.20 bits per heavy atom. The lowest BCUT2D eigenvalue weighted by Gasteiger charge is -2.53. The molecule has 2 aliphatic carbocycles. The molecule has 20 heavy (non-hydrogen) atoms. The van der Waals surface area contributed by atoms with E-state index >= 15 is 0 Å². The molecule has 0 N–H and O–H groups in total. The summed E-state index contributed by atoms with van der Waals surface area (Å²) in [5.41, 5.74) is -1.46. The molecule has 0 bridgehead atoms. The van der Waals surface area contributed by atoms with E-state index in [2.05, 4.69) is 6.08 Å². The lowest BCUT2D eigenvalue weighted by atomic mass is 9.52. The van der Waals surface area contributed by atoms with Crippen LogP contribution in [0.4, 0.5) is 0 Å². The molecule has 1 saturated carbocycles. The fourth-order valence-electron chi connectivity index (χ4n) is 4.45. The van der Waals surface area contributed by atoms with Gasteiger partial charge < -0.3 is 9.47 Å². The average molecular weight is 278 g/mol. The molecule has 1 saturated heterocycles. The van der Waals surface area contributed by atoms with E-state index in [4.69, 9.17) is 9.47 Å². The number of cyclic esters (lactones) is 2. The second kappa shape index (κ2) is 4.09. The van der Waals surface area contributed by atoms with Crippen LogP contribution in [0.2, 0.25) is 0 Å². The maximum Gasteiger partial charge on any atom is 0.327 e. The Balaban J connectivity index is 2.13. The third kappa shape index (κ3) is 1.54. The zero-order valence-corrected chi connectivity index (χ0v) is 12.4. The first-order valence-corrected chi connectivity index (χ1v) is 7.48. The number of carbonyl (C=O) groups excluding carboxylic acids is 2. The van der Waals surface area contributed by atoms with Crippen molar-refractivity contribution in [3.8, 4) is 0 Å². The first-order chi connectivity index (χ1) is 9.34. The number of hydrogen-bond donors (Lipinski definition) is 0. The first-order valence-electron chi connectivity index (χ1n) is 7.48. The molecule has 0 aromatic rings. The van der Waals surface area contributed by atoms with Gasteiger partial charge in [0.05, 0.1) is 0 Å². The quantitative estimate of drug-likeness (QED) is 0.388. The molecule has 1 unspecified atom stereocenters. The lowest BCUT2D eigenvalue weighted by Crippen LogP contribution is -2.64. The molecule has 2 spiro atoms. The van der Waals surface area contributed by atoms with Crippen molar-refractivity contribution in [1.82, 2.24) is 0 Å². The van der Waals surface area contributed by atoms with Crippen molar-refractivity contribution in [2.24, 2.45) is 16.7 Å². The van der Waals surface area contributed by atoms with Crippen LogP contribution in [0.15, 0.2) is 12.2 Å². The van der Waals surface area contributed by atoms with Crippen molar-refractivity contribution in [1.29, 1.82) is 0 Å². The number of allylic oxidation sites excluding steroid dienone is 2. The van der Waals surface area contributed by atoms with Gasteiger partial charge in [0.1, 0.15) is 0 Å². The van der Waals surface area contributed by atoms with Crippen LogP contribution >= 0.6 is 0 Å². The first kappa shape index (κ1) is 13.7. The molecule has 0 amide bonds. The zero-order chi connectivity index (χ0) is 14.6. The molecular weight excluding hydrogens is 256 g/mol. The van der Waals surface area contributed by atoms with Crippen molar-refractivity contribution < 1.29 is 19.1 Å². The van der Waals surface area contributed by atoms with E-state index in [1.165, 1.54) is 0 Å². The largest absolute Gasteiger partial charge is 0.422 e. The van der Waals surface area contributed by atoms with Gasteiger partial charge in [-0.1, -0.05) is 31.9 Å². The average Bonchev–Trinajstić information content (AvgIpc) is 2.76. The van der Waals surface area contributed by atoms with Gasteiger partial charge in [0, 0.05) is 25.2 Å². The van der Waals surface area contributed by atoms with Crippen LogP contribution in [-0.4, -0.2) is 17.7 Å². The summed E-state index contributed by atoms with van der Waals surface area (Å²) in [6, 6.07) is 0. The van der Waals surface area contributed by atoms with Crippen molar-refractivity contribution in [3.63, 3.8) is 0 Å². The van der Waals surface area contributed by atoms with E-state index in [-0.39, 0.29) is 11.3 Å². The molecular formula is C16H22O4. The van der Waals surface area contributed by atoms with Crippen molar-refractivity contribution in [2.75, 3.05) is 0 Å². The van der Waals surface area contributed by atoms with Gasteiger partial charge in [0.15, 0.2) is 5.41 Å². The number of rotatable bonds is 0. The van der Waals surface area contributed by atoms with Crippen molar-refractivity contribution in [3.05, 3.63) is 12.2 Å². The molecule has 3 rings (SSSR count). The van der Waals surface area contributed by atoms with Gasteiger partial charge in [-0.25, -0.2) is 0 Å². The molecule has 1 aliphatic heterocycles. The van der Waals surface area contributed by atoms with Gasteiger partial charge in [0.25, 0.3) is 5.79 Å². The molecule has 1 heterocycles. The number of hydrogen-bond acceptors (Lipinski definition) is 4. The van der Waals surface area contributed by atoms with E-state index in [9.17, 15) is 9.59 Å². The normalized spacial score (nSPS) is 33.2. The number of fused-ring (bicyclic) bond motifs is 1. The van der Waals surface area contributed by atoms with Crippen LogP contribution in [-0.2, 0) is 19.1 Å². The highest BCUT2D eigenvalue weighted by Crippen LogP contribution is 2.62. The van der Waals surface area contributed by atoms with Crippen LogP contribution in [0.25, 0.3) is 0 Å². The van der Waals surface area contributed by atoms with E-state index in [0.29, 0.717) is 0 Å². The van der Waals surface area contributed by atoms with E-state index in [1.54, 1.807) is 13.8 Å². The van der Waals surface area contributed by atoms with Gasteiger partial charge in [0.2, 0.25) is 0 Å². The van der Waals surface area contributed by atoms with Gasteiger partial charge in [-0.3, -0.25) is 9.59 Å². The second-order valence-electron chi connectivity index (χ2n) is 6.90. The Kier molecular flexibility index (Phi) is 2.79. The van der Waals surface area contributed by atoms with Gasteiger partial charge in [-0.2, -0.15) is 0 Å². The molecule has 0 aromatic heterocycles. The maximum atomic E-state index is 12.8. The maximum absolute atomic E-state index is 12.8. The smallest absolute Gasteiger partial charge is 0.327 e. The summed E-state index contributed by atoms with van der Waals surface area (Å²) in [6.45, 7) is 5.15. The molecule has 3 aliphatic rings. The number of esters is 2. The highest BCUT2D eigenvalue weighted by atomic mass is 16.7. The van der Waals surface area contributed by atoms with E-state index < -0.39 is 23.1 Å². The third-order valence-corrected chi connectivity index (χ3v) is 5.33. The van der Waals surface area contributed by atoms with Crippen LogP contribution in [0.1, 0.15) is 52.9 Å². The summed E-state index contributed by atoms with van der Waals surface area (Å²) < 4.78 is 11.0. The van der Waals surface area contributed by atoms with Crippen LogP contribution < -0.4 is 0 Å². The molecule has 110 valence electrons. The van der Waals surface area contributed by atoms with Gasteiger partial charge in [-0.15, -0.1) is 0 Å². The van der Waals surface area contributed by atoms with Crippen LogP contribution in [0.3, 0.4) is 0 Å². The lowest BCUT2D eigenvalue weighted by molar-refractivity contribution is -0.265. The monoisotopic (exact) mass is 278 g/mol. The summed E-state index contributed by atoms with van der Waals surface area (Å²) >= 11 is 0. The number of ether oxygens (including phenoxy) is 2. The van der Waals surface area contributed by atoms with Crippen molar-refractivity contribution in [2.45, 2.75) is 58.7 Å². The molecule has 0 radical (unpaired) electrons. The highest BCUT2D eigenvalue weighted by molar-refractivity contribution is 6.03. The predicted molar refractivity (Wildman–Crippen MR) is 72.5 cm³/mol. The number of carbonyl (C=O) groups is 2. The predicted octanol–water partition coefficient (Wildman–Crippen LogP) is 2.97. The van der Waals surface area contributed by atoms with Crippen LogP contribution in [0.5, 0.6) is 0 Å². The van der Waals surface area contributed by atoms with Crippen LogP contribution in [0, 0.1) is 16.7 Å². The molecule has 4 nitrogen and oxygen atoms in total. The SMILES string of the molecule is CC1C=CCC2(CCCC2)C12C(=O)OC(C)(C)OC2=O. The molecule has 2 fully saturated rings. The molecule has 0 aromatic carbocycles. The Hall–Kier alpha value is -1.32. The summed E-state index contributed by atoms with van der Waals surface area (Å²) in [6.07, 6.45) is 8.76. The Morgan fingerprint density at radius 2 is 1.65 bits per heavy atom. The van der Waals surface area contributed by atoms with Gasteiger partial charge in [-0.05, 0) is 19.3 Å². The minimum Gasteiger partial charge on any atom is -0.422 e. The topological polar surface area (TPSA) is 52.6 Å². The Morgan fingerprint density at radius 1 is 1.10 bits per heavy atom. The van der Waals surface area contributed by atoms with E-state index in [1.807, 2.05) is 13.0 Å².